The lowest BCUT2D eigenvalue weighted by molar-refractivity contribution is -0.139. The van der Waals surface area contributed by atoms with E-state index in [4.69, 9.17) is 10.8 Å². The predicted molar refractivity (Wildman–Crippen MR) is 67.1 cm³/mol. The molecular weight excluding hydrogens is 234 g/mol. The molecule has 1 aromatic heterocycles. The number of hydrogen-bond donors (Lipinski definition) is 3. The fraction of sp³-hybridized carbons (Fsp3) is 0.417. The summed E-state index contributed by atoms with van der Waals surface area (Å²) < 4.78 is 0. The number of nitrogens with zero attached hydrogens (tertiary/aromatic N) is 1. The first-order chi connectivity index (χ1) is 8.56. The van der Waals surface area contributed by atoms with Gasteiger partial charge in [0, 0.05) is 6.20 Å². The number of carbonyl (C=O) groups is 2. The smallest absolute Gasteiger partial charge is 0.326 e. The van der Waals surface area contributed by atoms with Crippen LogP contribution in [-0.2, 0) is 4.79 Å². The number of hydrogen-bond acceptors (Lipinski definition) is 4. The molecule has 1 atom stereocenters. The molecular formula is C12H17N3O3. The van der Waals surface area contributed by atoms with Crippen LogP contribution in [0.5, 0.6) is 0 Å². The van der Waals surface area contributed by atoms with Gasteiger partial charge in [0.05, 0.1) is 5.69 Å². The summed E-state index contributed by atoms with van der Waals surface area (Å²) in [5.41, 5.74) is 5.89. The van der Waals surface area contributed by atoms with Crippen LogP contribution in [0.25, 0.3) is 0 Å². The Balaban J connectivity index is 2.72. The van der Waals surface area contributed by atoms with Crippen molar-refractivity contribution in [3.05, 3.63) is 24.0 Å². The van der Waals surface area contributed by atoms with Gasteiger partial charge in [-0.2, -0.15) is 0 Å². The van der Waals surface area contributed by atoms with Crippen molar-refractivity contribution in [2.24, 2.45) is 0 Å². The van der Waals surface area contributed by atoms with E-state index in [0.29, 0.717) is 6.42 Å². The highest BCUT2D eigenvalue weighted by atomic mass is 16.4. The first-order valence-electron chi connectivity index (χ1n) is 5.80. The van der Waals surface area contributed by atoms with E-state index >= 15 is 0 Å². The van der Waals surface area contributed by atoms with Gasteiger partial charge in [-0.3, -0.25) is 4.79 Å². The molecule has 0 saturated heterocycles. The average Bonchev–Trinajstić information content (AvgIpc) is 2.34. The van der Waals surface area contributed by atoms with E-state index in [0.717, 1.165) is 12.8 Å². The van der Waals surface area contributed by atoms with E-state index in [9.17, 15) is 9.59 Å². The van der Waals surface area contributed by atoms with E-state index < -0.39 is 17.9 Å². The van der Waals surface area contributed by atoms with Gasteiger partial charge in [0.2, 0.25) is 0 Å². The van der Waals surface area contributed by atoms with Crippen molar-refractivity contribution in [1.29, 1.82) is 0 Å². The lowest BCUT2D eigenvalue weighted by Crippen LogP contribution is -2.41. The lowest BCUT2D eigenvalue weighted by Gasteiger charge is -2.14. The number of rotatable bonds is 6. The normalized spacial score (nSPS) is 11.8. The molecule has 0 aliphatic rings. The first kappa shape index (κ1) is 14.0. The van der Waals surface area contributed by atoms with Crippen molar-refractivity contribution < 1.29 is 14.7 Å². The zero-order valence-electron chi connectivity index (χ0n) is 10.2. The Labute approximate surface area is 105 Å². The lowest BCUT2D eigenvalue weighted by atomic mass is 10.1. The zero-order chi connectivity index (χ0) is 13.5. The minimum absolute atomic E-state index is 0.0558. The van der Waals surface area contributed by atoms with Crippen LogP contribution in [-0.4, -0.2) is 28.0 Å². The second-order valence-corrected chi connectivity index (χ2v) is 3.95. The molecule has 18 heavy (non-hydrogen) atoms. The summed E-state index contributed by atoms with van der Waals surface area (Å²) in [6.07, 6.45) is 3.43. The molecule has 0 unspecified atom stereocenters. The Bertz CT molecular complexity index is 434. The second-order valence-electron chi connectivity index (χ2n) is 3.95. The van der Waals surface area contributed by atoms with Gasteiger partial charge < -0.3 is 16.2 Å². The molecule has 0 aliphatic heterocycles. The SMILES string of the molecule is CCCC[C@H](NC(=O)c1ncccc1N)C(=O)O. The number of nitrogens with two attached hydrogens (primary N) is 1. The van der Waals surface area contributed by atoms with Gasteiger partial charge in [-0.05, 0) is 18.6 Å². The predicted octanol–water partition coefficient (Wildman–Crippen LogP) is 1.04. The summed E-state index contributed by atoms with van der Waals surface area (Å²) in [5, 5.41) is 11.4. The van der Waals surface area contributed by atoms with Gasteiger partial charge in [0.25, 0.3) is 5.91 Å². The molecule has 98 valence electrons. The minimum Gasteiger partial charge on any atom is -0.480 e. The number of carboxylic acids is 1. The molecule has 1 rings (SSSR count). The van der Waals surface area contributed by atoms with Crippen LogP contribution in [0.15, 0.2) is 18.3 Å². The van der Waals surface area contributed by atoms with Crippen LogP contribution in [0, 0.1) is 0 Å². The second kappa shape index (κ2) is 6.58. The third-order valence-electron chi connectivity index (χ3n) is 2.50. The maximum absolute atomic E-state index is 11.8. The third kappa shape index (κ3) is 3.73. The van der Waals surface area contributed by atoms with Crippen molar-refractivity contribution in [3.63, 3.8) is 0 Å². The molecule has 0 bridgehead atoms. The maximum atomic E-state index is 11.8. The van der Waals surface area contributed by atoms with Crippen LogP contribution in [0.2, 0.25) is 0 Å². The molecule has 1 aromatic rings. The largest absolute Gasteiger partial charge is 0.480 e. The van der Waals surface area contributed by atoms with Crippen molar-refractivity contribution in [3.8, 4) is 0 Å². The van der Waals surface area contributed by atoms with Gasteiger partial charge >= 0.3 is 5.97 Å². The van der Waals surface area contributed by atoms with Crippen LogP contribution >= 0.6 is 0 Å². The Kier molecular flexibility index (Phi) is 5.10. The molecule has 0 saturated carbocycles. The maximum Gasteiger partial charge on any atom is 0.326 e. The molecule has 6 heteroatoms. The van der Waals surface area contributed by atoms with Crippen LogP contribution in [0.4, 0.5) is 5.69 Å². The van der Waals surface area contributed by atoms with Crippen molar-refractivity contribution in [2.75, 3.05) is 5.73 Å². The van der Waals surface area contributed by atoms with Gasteiger partial charge in [-0.1, -0.05) is 19.8 Å². The number of carboxylic acid groups (broad SMARTS) is 1. The average molecular weight is 251 g/mol. The monoisotopic (exact) mass is 251 g/mol. The molecule has 0 fully saturated rings. The standard InChI is InChI=1S/C12H17N3O3/c1-2-3-6-9(12(17)18)15-11(16)10-8(13)5-4-7-14-10/h4-5,7,9H,2-3,6,13H2,1H3,(H,15,16)(H,17,18)/t9-/m0/s1. The highest BCUT2D eigenvalue weighted by Crippen LogP contribution is 2.08. The van der Waals surface area contributed by atoms with E-state index in [1.165, 1.54) is 6.20 Å². The summed E-state index contributed by atoms with van der Waals surface area (Å²) >= 11 is 0. The van der Waals surface area contributed by atoms with Gasteiger partial charge in [0.15, 0.2) is 5.69 Å². The van der Waals surface area contributed by atoms with Crippen molar-refractivity contribution >= 4 is 17.6 Å². The quantitative estimate of drug-likeness (QED) is 0.700. The minimum atomic E-state index is -1.05. The first-order valence-corrected chi connectivity index (χ1v) is 5.80. The Morgan fingerprint density at radius 2 is 2.28 bits per heavy atom. The number of nitrogens with one attached hydrogen (secondary N) is 1. The molecule has 1 amide bonds. The van der Waals surface area contributed by atoms with Crippen LogP contribution in [0.3, 0.4) is 0 Å². The number of aliphatic carboxylic acids is 1. The summed E-state index contributed by atoms with van der Waals surface area (Å²) in [6.45, 7) is 1.96. The van der Waals surface area contributed by atoms with Crippen molar-refractivity contribution in [2.45, 2.75) is 32.2 Å². The van der Waals surface area contributed by atoms with E-state index in [1.54, 1.807) is 12.1 Å². The van der Waals surface area contributed by atoms with E-state index in [2.05, 4.69) is 10.3 Å². The van der Waals surface area contributed by atoms with Gasteiger partial charge in [-0.15, -0.1) is 0 Å². The molecule has 0 radical (unpaired) electrons. The Morgan fingerprint density at radius 1 is 1.56 bits per heavy atom. The number of carbonyl (C=O) groups excluding carboxylic acids is 1. The molecule has 0 aromatic carbocycles. The topological polar surface area (TPSA) is 105 Å². The number of amides is 1. The van der Waals surface area contributed by atoms with E-state index in [-0.39, 0.29) is 11.4 Å². The highest BCUT2D eigenvalue weighted by Gasteiger charge is 2.21. The number of aromatic nitrogens is 1. The Morgan fingerprint density at radius 3 is 2.83 bits per heavy atom. The summed E-state index contributed by atoms with van der Waals surface area (Å²) in [7, 11) is 0. The van der Waals surface area contributed by atoms with Crippen LogP contribution in [0.1, 0.15) is 36.7 Å². The summed E-state index contributed by atoms with van der Waals surface area (Å²) in [6, 6.07) is 2.25. The highest BCUT2D eigenvalue weighted by molar-refractivity contribution is 5.98. The molecule has 4 N–H and O–H groups in total. The fourth-order valence-electron chi connectivity index (χ4n) is 1.50. The number of nitrogen functional groups attached to an aromatic ring is 1. The molecule has 1 heterocycles. The fourth-order valence-corrected chi connectivity index (χ4v) is 1.50. The number of anilines is 1. The van der Waals surface area contributed by atoms with Gasteiger partial charge in [-0.25, -0.2) is 9.78 Å². The van der Waals surface area contributed by atoms with Crippen molar-refractivity contribution in [1.82, 2.24) is 10.3 Å². The summed E-state index contributed by atoms with van der Waals surface area (Å²) in [5.74, 6) is -1.61. The summed E-state index contributed by atoms with van der Waals surface area (Å²) in [4.78, 5) is 26.7. The molecule has 0 aliphatic carbocycles. The Hall–Kier alpha value is -2.11. The molecule has 6 nitrogen and oxygen atoms in total. The zero-order valence-corrected chi connectivity index (χ0v) is 10.2. The third-order valence-corrected chi connectivity index (χ3v) is 2.50. The number of pyridine rings is 1. The van der Waals surface area contributed by atoms with Crippen LogP contribution < -0.4 is 11.1 Å². The number of unbranched alkanes of at least 4 members (excludes halogenated alkanes) is 1. The molecule has 0 spiro atoms. The van der Waals surface area contributed by atoms with Gasteiger partial charge in [0.1, 0.15) is 6.04 Å². The van der Waals surface area contributed by atoms with E-state index in [1.807, 2.05) is 6.92 Å².